The minimum absolute atomic E-state index is 0.00691. The number of nitrogens with one attached hydrogen (secondary N) is 2. The summed E-state index contributed by atoms with van der Waals surface area (Å²) in [5.41, 5.74) is 2.76. The number of hydrogen-bond acceptors (Lipinski definition) is 7. The van der Waals surface area contributed by atoms with Crippen LogP contribution in [-0.2, 0) is 27.6 Å². The minimum atomic E-state index is -4.41. The standard InChI is InChI=1S/C39H35Cl2FN6O5S/c1-2-3-11-34-30(36(24-43)48(45-34)35-23-27(15-16-32(35)41)44-39(50)47-17-19-53-20-18-47)21-26-14-13-25(22-33(26)42)28-8-5-7-12-37(28)54(51,52)46-38(49)29-9-4-6-10-31(29)40/h4-10,12-16,22-23H,2-3,11,17-21H2,1H3,(H,44,50)(H,46,49). The molecule has 1 aromatic heterocycles. The van der Waals surface area contributed by atoms with Crippen LogP contribution in [0.3, 0.4) is 0 Å². The van der Waals surface area contributed by atoms with Crippen LogP contribution in [0.4, 0.5) is 14.9 Å². The molecule has 1 aliphatic heterocycles. The topological polar surface area (TPSA) is 146 Å². The normalized spacial score (nSPS) is 13.0. The molecule has 11 nitrogen and oxygen atoms in total. The number of aromatic nitrogens is 2. The van der Waals surface area contributed by atoms with E-state index in [1.54, 1.807) is 47.4 Å². The molecule has 0 atom stereocenters. The maximum atomic E-state index is 16.0. The number of anilines is 1. The number of urea groups is 1. The molecule has 5 aromatic rings. The Hall–Kier alpha value is -5.26. The van der Waals surface area contributed by atoms with E-state index in [0.29, 0.717) is 60.4 Å². The van der Waals surface area contributed by atoms with E-state index in [1.807, 2.05) is 6.92 Å². The van der Waals surface area contributed by atoms with Crippen molar-refractivity contribution in [2.75, 3.05) is 31.6 Å². The number of amides is 3. The van der Waals surface area contributed by atoms with Gasteiger partial charge < -0.3 is 15.0 Å². The quantitative estimate of drug-likeness (QED) is 0.139. The molecule has 278 valence electrons. The summed E-state index contributed by atoms with van der Waals surface area (Å²) in [4.78, 5) is 27.2. The molecule has 2 heterocycles. The van der Waals surface area contributed by atoms with Gasteiger partial charge in [0.15, 0.2) is 0 Å². The number of nitriles is 1. The number of nitrogens with zero attached hydrogens (tertiary/aromatic N) is 4. The summed E-state index contributed by atoms with van der Waals surface area (Å²) in [5, 5.41) is 18.5. The number of aryl methyl sites for hydroxylation is 1. The summed E-state index contributed by atoms with van der Waals surface area (Å²) in [5.74, 6) is -1.54. The Labute approximate surface area is 322 Å². The van der Waals surface area contributed by atoms with E-state index < -0.39 is 21.7 Å². The summed E-state index contributed by atoms with van der Waals surface area (Å²) in [7, 11) is -4.41. The first kappa shape index (κ1) is 38.5. The van der Waals surface area contributed by atoms with Gasteiger partial charge in [0.2, 0.25) is 0 Å². The number of unbranched alkanes of at least 4 members (excludes halogenated alkanes) is 1. The van der Waals surface area contributed by atoms with Crippen molar-refractivity contribution in [2.24, 2.45) is 0 Å². The maximum Gasteiger partial charge on any atom is 0.322 e. The van der Waals surface area contributed by atoms with Crippen LogP contribution >= 0.6 is 23.2 Å². The lowest BCUT2D eigenvalue weighted by atomic mass is 9.97. The molecule has 0 saturated carbocycles. The van der Waals surface area contributed by atoms with Crippen LogP contribution in [0.2, 0.25) is 10.0 Å². The maximum absolute atomic E-state index is 16.0. The Morgan fingerprint density at radius 1 is 0.981 bits per heavy atom. The highest BCUT2D eigenvalue weighted by atomic mass is 35.5. The fourth-order valence-corrected chi connectivity index (χ4v) is 7.72. The van der Waals surface area contributed by atoms with Crippen molar-refractivity contribution in [3.05, 3.63) is 129 Å². The van der Waals surface area contributed by atoms with E-state index in [-0.39, 0.29) is 50.3 Å². The Bertz CT molecular complexity index is 2370. The van der Waals surface area contributed by atoms with Crippen LogP contribution in [0, 0.1) is 17.1 Å². The second kappa shape index (κ2) is 16.8. The van der Waals surface area contributed by atoms with Crippen molar-refractivity contribution in [1.82, 2.24) is 19.4 Å². The molecular formula is C39H35Cl2FN6O5S. The average Bonchev–Trinajstić information content (AvgIpc) is 3.52. The molecule has 0 aliphatic carbocycles. The number of carbonyl (C=O) groups excluding carboxylic acids is 2. The van der Waals surface area contributed by atoms with Gasteiger partial charge in [-0.15, -0.1) is 0 Å². The Morgan fingerprint density at radius 3 is 2.44 bits per heavy atom. The molecule has 15 heteroatoms. The smallest absolute Gasteiger partial charge is 0.322 e. The molecule has 54 heavy (non-hydrogen) atoms. The van der Waals surface area contributed by atoms with Crippen molar-refractivity contribution in [3.63, 3.8) is 0 Å². The lowest BCUT2D eigenvalue weighted by molar-refractivity contribution is 0.0564. The fourth-order valence-electron chi connectivity index (χ4n) is 6.10. The summed E-state index contributed by atoms with van der Waals surface area (Å²) >= 11 is 12.7. The first-order valence-electron chi connectivity index (χ1n) is 17.1. The van der Waals surface area contributed by atoms with Crippen molar-refractivity contribution in [2.45, 2.75) is 37.5 Å². The minimum Gasteiger partial charge on any atom is -0.378 e. The second-order valence-corrected chi connectivity index (χ2v) is 15.0. The molecule has 1 aliphatic rings. The van der Waals surface area contributed by atoms with E-state index in [4.69, 9.17) is 33.0 Å². The summed E-state index contributed by atoms with van der Waals surface area (Å²) in [6.07, 6.45) is 2.14. The van der Waals surface area contributed by atoms with Crippen molar-refractivity contribution in [1.29, 1.82) is 5.26 Å². The first-order valence-corrected chi connectivity index (χ1v) is 19.4. The van der Waals surface area contributed by atoms with E-state index >= 15 is 4.39 Å². The number of carbonyl (C=O) groups is 2. The predicted molar refractivity (Wildman–Crippen MR) is 204 cm³/mol. The van der Waals surface area contributed by atoms with Crippen LogP contribution in [0.15, 0.2) is 89.8 Å². The second-order valence-electron chi connectivity index (χ2n) is 12.5. The third-order valence-corrected chi connectivity index (χ3v) is 11.0. The van der Waals surface area contributed by atoms with Crippen LogP contribution < -0.4 is 10.0 Å². The first-order chi connectivity index (χ1) is 26.0. The highest BCUT2D eigenvalue weighted by molar-refractivity contribution is 7.90. The average molecular weight is 790 g/mol. The van der Waals surface area contributed by atoms with Gasteiger partial charge in [0.05, 0.1) is 45.1 Å². The molecule has 0 unspecified atom stereocenters. The Kier molecular flexibility index (Phi) is 12.0. The zero-order valence-electron chi connectivity index (χ0n) is 29.1. The molecule has 3 amide bonds. The third kappa shape index (κ3) is 8.42. The van der Waals surface area contributed by atoms with E-state index in [9.17, 15) is 23.3 Å². The van der Waals surface area contributed by atoms with Crippen LogP contribution in [0.25, 0.3) is 16.8 Å². The van der Waals surface area contributed by atoms with Gasteiger partial charge in [-0.2, -0.15) is 10.4 Å². The third-order valence-electron chi connectivity index (χ3n) is 8.92. The van der Waals surface area contributed by atoms with Crippen molar-refractivity contribution in [3.8, 4) is 22.9 Å². The lowest BCUT2D eigenvalue weighted by Crippen LogP contribution is -2.43. The summed E-state index contributed by atoms with van der Waals surface area (Å²) in [6.45, 7) is 3.84. The molecule has 0 bridgehead atoms. The van der Waals surface area contributed by atoms with Crippen LogP contribution in [-0.4, -0.2) is 61.3 Å². The number of sulfonamides is 1. The van der Waals surface area contributed by atoms with Gasteiger partial charge in [0.25, 0.3) is 15.9 Å². The summed E-state index contributed by atoms with van der Waals surface area (Å²) in [6, 6.07) is 23.2. The summed E-state index contributed by atoms with van der Waals surface area (Å²) < 4.78 is 51.8. The molecular weight excluding hydrogens is 754 g/mol. The highest BCUT2D eigenvalue weighted by Gasteiger charge is 2.26. The van der Waals surface area contributed by atoms with E-state index in [1.165, 1.54) is 47.1 Å². The van der Waals surface area contributed by atoms with Gasteiger partial charge in [-0.05, 0) is 66.4 Å². The highest BCUT2D eigenvalue weighted by Crippen LogP contribution is 2.32. The lowest BCUT2D eigenvalue weighted by Gasteiger charge is -2.27. The number of hydrogen-bond donors (Lipinski definition) is 2. The fraction of sp³-hybridized carbons (Fsp3) is 0.231. The van der Waals surface area contributed by atoms with Crippen LogP contribution in [0.1, 0.15) is 52.6 Å². The largest absolute Gasteiger partial charge is 0.378 e. The molecule has 6 rings (SSSR count). The molecule has 1 fully saturated rings. The number of morpholine rings is 1. The predicted octanol–water partition coefficient (Wildman–Crippen LogP) is 7.77. The van der Waals surface area contributed by atoms with Crippen molar-refractivity contribution >= 4 is 50.9 Å². The zero-order chi connectivity index (χ0) is 38.4. The SMILES string of the molecule is CCCCc1nn(-c2cc(NC(=O)N3CCOCC3)ccc2Cl)c(C#N)c1Cc1ccc(-c2ccccc2S(=O)(=O)NC(=O)c2ccccc2Cl)cc1F. The number of rotatable bonds is 11. The van der Waals surface area contributed by atoms with Gasteiger partial charge in [-0.3, -0.25) is 4.79 Å². The van der Waals surface area contributed by atoms with Gasteiger partial charge in [0, 0.05) is 36.3 Å². The molecule has 2 N–H and O–H groups in total. The number of ether oxygens (including phenoxy) is 1. The van der Waals surface area contributed by atoms with Gasteiger partial charge >= 0.3 is 6.03 Å². The van der Waals surface area contributed by atoms with E-state index in [2.05, 4.69) is 16.1 Å². The Balaban J connectivity index is 1.31. The number of benzene rings is 4. The molecule has 4 aromatic carbocycles. The van der Waals surface area contributed by atoms with Gasteiger partial charge in [-0.1, -0.05) is 79.0 Å². The van der Waals surface area contributed by atoms with Crippen molar-refractivity contribution < 1.29 is 27.1 Å². The van der Waals surface area contributed by atoms with Gasteiger partial charge in [-0.25, -0.2) is 27.0 Å². The molecule has 1 saturated heterocycles. The molecule has 0 radical (unpaired) electrons. The monoisotopic (exact) mass is 788 g/mol. The molecule has 0 spiro atoms. The van der Waals surface area contributed by atoms with Gasteiger partial charge in [0.1, 0.15) is 17.6 Å². The zero-order valence-corrected chi connectivity index (χ0v) is 31.4. The van der Waals surface area contributed by atoms with Crippen LogP contribution in [0.5, 0.6) is 0 Å². The Morgan fingerprint density at radius 2 is 1.72 bits per heavy atom. The number of halogens is 3. The van der Waals surface area contributed by atoms with E-state index in [0.717, 1.165) is 12.8 Å².